The first-order chi connectivity index (χ1) is 13.1. The quantitative estimate of drug-likeness (QED) is 0.770. The fourth-order valence-corrected chi connectivity index (χ4v) is 2.84. The summed E-state index contributed by atoms with van der Waals surface area (Å²) in [5, 5.41) is 2.44. The summed E-state index contributed by atoms with van der Waals surface area (Å²) in [4.78, 5) is 38.9. The summed E-state index contributed by atoms with van der Waals surface area (Å²) in [6, 6.07) is 4.37. The van der Waals surface area contributed by atoms with Gasteiger partial charge in [0, 0.05) is 33.3 Å². The van der Waals surface area contributed by atoms with Crippen molar-refractivity contribution in [2.24, 2.45) is 5.92 Å². The monoisotopic (exact) mass is 397 g/mol. The molecular formula is C19H22F3N3O3. The van der Waals surface area contributed by atoms with Crippen molar-refractivity contribution in [3.05, 3.63) is 41.5 Å². The van der Waals surface area contributed by atoms with E-state index in [0.717, 1.165) is 18.2 Å². The second kappa shape index (κ2) is 8.90. The molecule has 2 rings (SSSR count). The molecule has 0 radical (unpaired) electrons. The van der Waals surface area contributed by atoms with E-state index in [0.29, 0.717) is 25.1 Å². The minimum absolute atomic E-state index is 0.0289. The standard InChI is InChI=1S/C19H22F3N3O3/c1-24(2)18(28)14-9-10-25(12-14)17(27)11-23-16(26)8-5-13-3-6-15(7-4-13)19(20,21)22/h3-8,14H,9-12H2,1-2H3,(H,23,26)/b8-5+/t14-/m0/s1. The van der Waals surface area contributed by atoms with E-state index in [1.54, 1.807) is 14.1 Å². The third-order valence-electron chi connectivity index (χ3n) is 4.41. The molecule has 3 amide bonds. The van der Waals surface area contributed by atoms with Gasteiger partial charge < -0.3 is 15.1 Å². The zero-order valence-corrected chi connectivity index (χ0v) is 15.6. The number of nitrogens with zero attached hydrogens (tertiary/aromatic N) is 2. The van der Waals surface area contributed by atoms with Crippen molar-refractivity contribution in [1.29, 1.82) is 0 Å². The minimum atomic E-state index is -4.41. The number of hydrogen-bond donors (Lipinski definition) is 1. The van der Waals surface area contributed by atoms with Crippen LogP contribution in [0.4, 0.5) is 13.2 Å². The van der Waals surface area contributed by atoms with Crippen molar-refractivity contribution in [1.82, 2.24) is 15.1 Å². The zero-order valence-electron chi connectivity index (χ0n) is 15.6. The molecule has 1 aromatic rings. The third-order valence-corrected chi connectivity index (χ3v) is 4.41. The molecular weight excluding hydrogens is 375 g/mol. The highest BCUT2D eigenvalue weighted by Crippen LogP contribution is 2.29. The number of rotatable bonds is 5. The van der Waals surface area contributed by atoms with Crippen molar-refractivity contribution in [3.8, 4) is 0 Å². The molecule has 1 aliphatic heterocycles. The summed E-state index contributed by atoms with van der Waals surface area (Å²) < 4.78 is 37.5. The number of carbonyl (C=O) groups is 3. The van der Waals surface area contributed by atoms with Gasteiger partial charge in [0.1, 0.15) is 0 Å². The molecule has 1 N–H and O–H groups in total. The number of benzene rings is 1. The van der Waals surface area contributed by atoms with Gasteiger partial charge in [-0.1, -0.05) is 12.1 Å². The molecule has 1 saturated heterocycles. The van der Waals surface area contributed by atoms with Crippen LogP contribution in [0.1, 0.15) is 17.5 Å². The van der Waals surface area contributed by atoms with E-state index in [-0.39, 0.29) is 24.3 Å². The fraction of sp³-hybridized carbons (Fsp3) is 0.421. The molecule has 1 heterocycles. The van der Waals surface area contributed by atoms with Crippen LogP contribution in [-0.4, -0.2) is 61.3 Å². The fourth-order valence-electron chi connectivity index (χ4n) is 2.84. The van der Waals surface area contributed by atoms with E-state index in [1.807, 2.05) is 0 Å². The Bertz CT molecular complexity index is 758. The molecule has 1 fully saturated rings. The predicted octanol–water partition coefficient (Wildman–Crippen LogP) is 1.77. The minimum Gasteiger partial charge on any atom is -0.349 e. The van der Waals surface area contributed by atoms with Gasteiger partial charge in [-0.3, -0.25) is 14.4 Å². The van der Waals surface area contributed by atoms with Gasteiger partial charge >= 0.3 is 6.18 Å². The number of hydrogen-bond acceptors (Lipinski definition) is 3. The molecule has 1 aliphatic rings. The summed E-state index contributed by atoms with van der Waals surface area (Å²) in [7, 11) is 3.33. The zero-order chi connectivity index (χ0) is 20.9. The van der Waals surface area contributed by atoms with Crippen molar-refractivity contribution in [2.75, 3.05) is 33.7 Å². The Kier molecular flexibility index (Phi) is 6.82. The van der Waals surface area contributed by atoms with Crippen LogP contribution >= 0.6 is 0 Å². The Balaban J connectivity index is 1.80. The van der Waals surface area contributed by atoms with Gasteiger partial charge in [0.15, 0.2) is 0 Å². The van der Waals surface area contributed by atoms with E-state index in [9.17, 15) is 27.6 Å². The van der Waals surface area contributed by atoms with E-state index >= 15 is 0 Å². The molecule has 0 aliphatic carbocycles. The van der Waals surface area contributed by atoms with Crippen molar-refractivity contribution in [3.63, 3.8) is 0 Å². The van der Waals surface area contributed by atoms with E-state index in [4.69, 9.17) is 0 Å². The van der Waals surface area contributed by atoms with Crippen LogP contribution in [0, 0.1) is 5.92 Å². The van der Waals surface area contributed by atoms with Crippen LogP contribution in [-0.2, 0) is 20.6 Å². The second-order valence-electron chi connectivity index (χ2n) is 6.73. The highest BCUT2D eigenvalue weighted by atomic mass is 19.4. The SMILES string of the molecule is CN(C)C(=O)[C@H]1CCN(C(=O)CNC(=O)/C=C/c2ccc(C(F)(F)F)cc2)C1. The average Bonchev–Trinajstić information content (AvgIpc) is 3.13. The van der Waals surface area contributed by atoms with E-state index in [1.165, 1.54) is 28.0 Å². The molecule has 28 heavy (non-hydrogen) atoms. The Morgan fingerprint density at radius 2 is 1.86 bits per heavy atom. The van der Waals surface area contributed by atoms with Gasteiger partial charge in [-0.15, -0.1) is 0 Å². The first kappa shape index (κ1) is 21.5. The summed E-state index contributed by atoms with van der Waals surface area (Å²) >= 11 is 0. The maximum absolute atomic E-state index is 12.5. The van der Waals surface area contributed by atoms with Crippen molar-refractivity contribution < 1.29 is 27.6 Å². The van der Waals surface area contributed by atoms with Gasteiger partial charge in [0.05, 0.1) is 18.0 Å². The van der Waals surface area contributed by atoms with Gasteiger partial charge in [-0.2, -0.15) is 13.2 Å². The number of amides is 3. The highest BCUT2D eigenvalue weighted by Gasteiger charge is 2.32. The van der Waals surface area contributed by atoms with Crippen LogP contribution in [0.2, 0.25) is 0 Å². The molecule has 0 aromatic heterocycles. The van der Waals surface area contributed by atoms with Crippen molar-refractivity contribution in [2.45, 2.75) is 12.6 Å². The maximum atomic E-state index is 12.5. The first-order valence-electron chi connectivity index (χ1n) is 8.70. The van der Waals surface area contributed by atoms with Crippen LogP contribution in [0.25, 0.3) is 6.08 Å². The topological polar surface area (TPSA) is 69.7 Å². The van der Waals surface area contributed by atoms with Crippen molar-refractivity contribution >= 4 is 23.8 Å². The average molecular weight is 397 g/mol. The summed E-state index contributed by atoms with van der Waals surface area (Å²) in [6.07, 6.45) is -1.31. The number of carbonyl (C=O) groups excluding carboxylic acids is 3. The number of nitrogens with one attached hydrogen (secondary N) is 1. The van der Waals surface area contributed by atoms with E-state index in [2.05, 4.69) is 5.32 Å². The van der Waals surface area contributed by atoms with Gasteiger partial charge in [0.25, 0.3) is 0 Å². The lowest BCUT2D eigenvalue weighted by Crippen LogP contribution is -2.39. The Morgan fingerprint density at radius 1 is 1.21 bits per heavy atom. The molecule has 0 spiro atoms. The predicted molar refractivity (Wildman–Crippen MR) is 96.9 cm³/mol. The third kappa shape index (κ3) is 5.83. The smallest absolute Gasteiger partial charge is 0.349 e. The lowest BCUT2D eigenvalue weighted by Gasteiger charge is -2.18. The van der Waals surface area contributed by atoms with Crippen LogP contribution in [0.5, 0.6) is 0 Å². The second-order valence-corrected chi connectivity index (χ2v) is 6.73. The molecule has 0 saturated carbocycles. The normalized spacial score (nSPS) is 17.0. The Morgan fingerprint density at radius 3 is 2.43 bits per heavy atom. The molecule has 1 aromatic carbocycles. The first-order valence-corrected chi connectivity index (χ1v) is 8.70. The molecule has 152 valence electrons. The molecule has 1 atom stereocenters. The lowest BCUT2D eigenvalue weighted by atomic mass is 10.1. The van der Waals surface area contributed by atoms with Gasteiger partial charge in [-0.25, -0.2) is 0 Å². The Labute approximate surface area is 161 Å². The number of alkyl halides is 3. The number of likely N-dealkylation sites (tertiary alicyclic amines) is 1. The van der Waals surface area contributed by atoms with Crippen LogP contribution in [0.15, 0.2) is 30.3 Å². The maximum Gasteiger partial charge on any atom is 0.416 e. The van der Waals surface area contributed by atoms with Crippen LogP contribution in [0.3, 0.4) is 0 Å². The van der Waals surface area contributed by atoms with Gasteiger partial charge in [0.2, 0.25) is 17.7 Å². The lowest BCUT2D eigenvalue weighted by molar-refractivity contribution is -0.137. The molecule has 0 bridgehead atoms. The molecule has 6 nitrogen and oxygen atoms in total. The highest BCUT2D eigenvalue weighted by molar-refractivity contribution is 5.94. The van der Waals surface area contributed by atoms with Gasteiger partial charge in [-0.05, 0) is 30.2 Å². The summed E-state index contributed by atoms with van der Waals surface area (Å²) in [5.74, 6) is -1.08. The number of halogens is 3. The summed E-state index contributed by atoms with van der Waals surface area (Å²) in [6.45, 7) is 0.576. The molecule has 0 unspecified atom stereocenters. The summed E-state index contributed by atoms with van der Waals surface area (Å²) in [5.41, 5.74) is -0.338. The van der Waals surface area contributed by atoms with E-state index < -0.39 is 17.6 Å². The largest absolute Gasteiger partial charge is 0.416 e. The van der Waals surface area contributed by atoms with Crippen LogP contribution < -0.4 is 5.32 Å². The molecule has 9 heteroatoms. The Hall–Kier alpha value is -2.84.